The number of aryl methyl sites for hydroxylation is 1. The van der Waals surface area contributed by atoms with Crippen LogP contribution >= 0.6 is 11.8 Å². The molecule has 5 heteroatoms. The van der Waals surface area contributed by atoms with E-state index in [9.17, 15) is 9.18 Å². The van der Waals surface area contributed by atoms with E-state index in [1.165, 1.54) is 12.1 Å². The average molecular weight is 422 g/mol. The fourth-order valence-electron chi connectivity index (χ4n) is 3.03. The Kier molecular flexibility index (Phi) is 7.44. The van der Waals surface area contributed by atoms with E-state index in [1.54, 1.807) is 24.9 Å². The number of rotatable bonds is 8. The number of methoxy groups -OCH3 is 1. The minimum absolute atomic E-state index is 0.119. The lowest BCUT2D eigenvalue weighted by molar-refractivity contribution is 0.0937. The molecular formula is C25H24FNO2S. The van der Waals surface area contributed by atoms with Gasteiger partial charge in [-0.2, -0.15) is 0 Å². The molecule has 0 radical (unpaired) electrons. The number of carbonyl (C=O) groups excluding carboxylic acids is 1. The van der Waals surface area contributed by atoms with Gasteiger partial charge < -0.3 is 10.1 Å². The van der Waals surface area contributed by atoms with Crippen LogP contribution in [-0.2, 0) is 4.74 Å². The second kappa shape index (κ2) is 10.2. The van der Waals surface area contributed by atoms with Crippen molar-refractivity contribution in [1.82, 2.24) is 5.32 Å². The molecule has 0 aromatic heterocycles. The minimum Gasteiger partial charge on any atom is -0.383 e. The molecule has 0 bridgehead atoms. The van der Waals surface area contributed by atoms with Crippen molar-refractivity contribution in [3.8, 4) is 0 Å². The van der Waals surface area contributed by atoms with E-state index < -0.39 is 0 Å². The third kappa shape index (κ3) is 5.38. The highest BCUT2D eigenvalue weighted by atomic mass is 32.2. The summed E-state index contributed by atoms with van der Waals surface area (Å²) in [6.07, 6.45) is 0. The van der Waals surface area contributed by atoms with Crippen LogP contribution in [0.3, 0.4) is 0 Å². The summed E-state index contributed by atoms with van der Waals surface area (Å²) in [4.78, 5) is 14.3. The Bertz CT molecular complexity index is 1060. The number of hydrogen-bond acceptors (Lipinski definition) is 3. The van der Waals surface area contributed by atoms with Gasteiger partial charge in [-0.15, -0.1) is 0 Å². The first-order valence-electron chi connectivity index (χ1n) is 9.59. The lowest BCUT2D eigenvalue weighted by Crippen LogP contribution is -2.26. The van der Waals surface area contributed by atoms with Crippen molar-refractivity contribution in [1.29, 1.82) is 0 Å². The van der Waals surface area contributed by atoms with E-state index in [2.05, 4.69) is 11.9 Å². The molecule has 0 heterocycles. The molecule has 3 aromatic carbocycles. The standard InChI is InChI=1S/C25H24FNO2S/c1-17-15-20(25(28)27-13-14-29-3)11-12-23(17)30-24-10-5-4-9-22(24)18(2)19-7-6-8-21(26)16-19/h4-12,15-16H,2,13-14H2,1,3H3,(H,27,28). The van der Waals surface area contributed by atoms with E-state index in [0.29, 0.717) is 18.7 Å². The van der Waals surface area contributed by atoms with Gasteiger partial charge in [0.05, 0.1) is 6.61 Å². The molecule has 3 aromatic rings. The van der Waals surface area contributed by atoms with Gasteiger partial charge in [-0.1, -0.05) is 48.7 Å². The minimum atomic E-state index is -0.283. The lowest BCUT2D eigenvalue weighted by Gasteiger charge is -2.14. The molecule has 30 heavy (non-hydrogen) atoms. The van der Waals surface area contributed by atoms with Crippen molar-refractivity contribution < 1.29 is 13.9 Å². The van der Waals surface area contributed by atoms with Crippen LogP contribution in [0.5, 0.6) is 0 Å². The maximum absolute atomic E-state index is 13.7. The van der Waals surface area contributed by atoms with Crippen molar-refractivity contribution in [3.63, 3.8) is 0 Å². The number of nitrogens with one attached hydrogen (secondary N) is 1. The molecular weight excluding hydrogens is 397 g/mol. The fraction of sp³-hybridized carbons (Fsp3) is 0.160. The van der Waals surface area contributed by atoms with E-state index in [-0.39, 0.29) is 11.7 Å². The third-order valence-corrected chi connectivity index (χ3v) is 5.89. The van der Waals surface area contributed by atoms with Crippen molar-refractivity contribution in [2.75, 3.05) is 20.3 Å². The van der Waals surface area contributed by atoms with Gasteiger partial charge in [0.1, 0.15) is 5.82 Å². The maximum atomic E-state index is 13.7. The zero-order chi connectivity index (χ0) is 21.5. The van der Waals surface area contributed by atoms with Crippen LogP contribution in [0, 0.1) is 12.7 Å². The van der Waals surface area contributed by atoms with E-state index in [4.69, 9.17) is 4.74 Å². The van der Waals surface area contributed by atoms with Gasteiger partial charge in [0.2, 0.25) is 0 Å². The van der Waals surface area contributed by atoms with Crippen LogP contribution in [0.1, 0.15) is 27.0 Å². The first-order valence-corrected chi connectivity index (χ1v) is 10.4. The Labute approximate surface area is 181 Å². The van der Waals surface area contributed by atoms with E-state index in [0.717, 1.165) is 32.1 Å². The van der Waals surface area contributed by atoms with Crippen molar-refractivity contribution in [2.24, 2.45) is 0 Å². The van der Waals surface area contributed by atoms with Gasteiger partial charge in [0.15, 0.2) is 0 Å². The predicted octanol–water partition coefficient (Wildman–Crippen LogP) is 5.72. The van der Waals surface area contributed by atoms with Crippen molar-refractivity contribution in [3.05, 3.63) is 101 Å². The van der Waals surface area contributed by atoms with E-state index in [1.807, 2.05) is 55.5 Å². The molecule has 0 aliphatic heterocycles. The topological polar surface area (TPSA) is 38.3 Å². The second-order valence-corrected chi connectivity index (χ2v) is 7.90. The molecule has 0 saturated heterocycles. The summed E-state index contributed by atoms with van der Waals surface area (Å²) >= 11 is 1.60. The molecule has 3 rings (SSSR count). The van der Waals surface area contributed by atoms with Crippen LogP contribution in [0.25, 0.3) is 5.57 Å². The summed E-state index contributed by atoms with van der Waals surface area (Å²) in [5.74, 6) is -0.402. The van der Waals surface area contributed by atoms with Gasteiger partial charge in [-0.25, -0.2) is 4.39 Å². The number of halogens is 1. The average Bonchev–Trinajstić information content (AvgIpc) is 2.75. The Morgan fingerprint density at radius 2 is 1.83 bits per heavy atom. The Morgan fingerprint density at radius 3 is 2.57 bits per heavy atom. The number of hydrogen-bond donors (Lipinski definition) is 1. The quantitative estimate of drug-likeness (QED) is 0.473. The summed E-state index contributed by atoms with van der Waals surface area (Å²) in [6.45, 7) is 7.12. The number of ether oxygens (including phenoxy) is 1. The van der Waals surface area contributed by atoms with Gasteiger partial charge >= 0.3 is 0 Å². The van der Waals surface area contributed by atoms with Gasteiger partial charge in [-0.05, 0) is 65.6 Å². The van der Waals surface area contributed by atoms with Crippen LogP contribution in [0.15, 0.2) is 83.1 Å². The Balaban J connectivity index is 1.82. The smallest absolute Gasteiger partial charge is 0.251 e. The van der Waals surface area contributed by atoms with E-state index >= 15 is 0 Å². The molecule has 0 fully saturated rings. The van der Waals surface area contributed by atoms with Crippen LogP contribution in [0.4, 0.5) is 4.39 Å². The predicted molar refractivity (Wildman–Crippen MR) is 120 cm³/mol. The molecule has 1 amide bonds. The number of carbonyl (C=O) groups is 1. The normalized spacial score (nSPS) is 10.6. The van der Waals surface area contributed by atoms with Gasteiger partial charge in [-0.3, -0.25) is 4.79 Å². The number of amides is 1. The highest BCUT2D eigenvalue weighted by Crippen LogP contribution is 2.37. The summed E-state index contributed by atoms with van der Waals surface area (Å²) in [5, 5.41) is 2.83. The monoisotopic (exact) mass is 421 g/mol. The molecule has 0 saturated carbocycles. The van der Waals surface area contributed by atoms with Gasteiger partial charge in [0.25, 0.3) is 5.91 Å². The first kappa shape index (κ1) is 21.8. The largest absolute Gasteiger partial charge is 0.383 e. The van der Waals surface area contributed by atoms with Crippen LogP contribution in [0.2, 0.25) is 0 Å². The highest BCUT2D eigenvalue weighted by molar-refractivity contribution is 7.99. The SMILES string of the molecule is C=C(c1cccc(F)c1)c1ccccc1Sc1ccc(C(=O)NCCOC)cc1C. The molecule has 0 atom stereocenters. The van der Waals surface area contributed by atoms with Crippen molar-refractivity contribution >= 4 is 23.2 Å². The second-order valence-electron chi connectivity index (χ2n) is 6.82. The molecule has 154 valence electrons. The van der Waals surface area contributed by atoms with Crippen LogP contribution < -0.4 is 5.32 Å². The summed E-state index contributed by atoms with van der Waals surface area (Å²) in [6, 6.07) is 20.0. The first-order chi connectivity index (χ1) is 14.5. The molecule has 0 aliphatic rings. The lowest BCUT2D eigenvalue weighted by atomic mass is 9.99. The zero-order valence-electron chi connectivity index (χ0n) is 17.1. The Morgan fingerprint density at radius 1 is 1.03 bits per heavy atom. The third-order valence-electron chi connectivity index (χ3n) is 4.63. The van der Waals surface area contributed by atoms with Crippen molar-refractivity contribution in [2.45, 2.75) is 16.7 Å². The molecule has 3 nitrogen and oxygen atoms in total. The molecule has 0 spiro atoms. The molecule has 0 unspecified atom stereocenters. The maximum Gasteiger partial charge on any atom is 0.251 e. The summed E-state index contributed by atoms with van der Waals surface area (Å²) < 4.78 is 18.6. The summed E-state index contributed by atoms with van der Waals surface area (Å²) in [5.41, 5.74) is 4.09. The molecule has 0 aliphatic carbocycles. The summed E-state index contributed by atoms with van der Waals surface area (Å²) in [7, 11) is 1.60. The Hall–Kier alpha value is -2.89. The molecule has 1 N–H and O–H groups in total. The highest BCUT2D eigenvalue weighted by Gasteiger charge is 2.12. The van der Waals surface area contributed by atoms with Gasteiger partial charge in [0, 0.05) is 29.0 Å². The number of benzene rings is 3. The zero-order valence-corrected chi connectivity index (χ0v) is 17.9. The van der Waals surface area contributed by atoms with Crippen LogP contribution in [-0.4, -0.2) is 26.2 Å². The fourth-order valence-corrected chi connectivity index (χ4v) is 4.07.